The number of aromatic nitrogens is 1. The molecule has 0 aromatic carbocycles. The van der Waals surface area contributed by atoms with Crippen LogP contribution in [0.25, 0.3) is 0 Å². The van der Waals surface area contributed by atoms with Crippen LogP contribution in [0.5, 0.6) is 0 Å². The van der Waals surface area contributed by atoms with Gasteiger partial charge in [0.25, 0.3) is 0 Å². The Bertz CT molecular complexity index is 493. The van der Waals surface area contributed by atoms with Crippen molar-refractivity contribution in [3.05, 3.63) is 23.0 Å². The first-order chi connectivity index (χ1) is 9.10. The van der Waals surface area contributed by atoms with E-state index in [1.807, 2.05) is 13.1 Å². The largest absolute Gasteiger partial charge is 0.398 e. The van der Waals surface area contributed by atoms with E-state index in [4.69, 9.17) is 10.5 Å². The van der Waals surface area contributed by atoms with Crippen molar-refractivity contribution in [2.45, 2.75) is 59.3 Å². The average molecular weight is 277 g/mol. The van der Waals surface area contributed by atoms with E-state index in [2.05, 4.69) is 44.5 Å². The van der Waals surface area contributed by atoms with Crippen molar-refractivity contribution < 1.29 is 4.74 Å². The number of morpholine rings is 1. The molecule has 1 aliphatic heterocycles. The molecule has 0 atom stereocenters. The van der Waals surface area contributed by atoms with E-state index in [1.54, 1.807) is 0 Å². The fourth-order valence-electron chi connectivity index (χ4n) is 3.22. The lowest BCUT2D eigenvalue weighted by atomic mass is 9.98. The number of rotatable bonds is 2. The van der Waals surface area contributed by atoms with Crippen molar-refractivity contribution in [2.24, 2.45) is 0 Å². The second-order valence-electron chi connectivity index (χ2n) is 7.19. The highest BCUT2D eigenvalue weighted by atomic mass is 16.5. The molecule has 2 heterocycles. The van der Waals surface area contributed by atoms with E-state index >= 15 is 0 Å². The maximum atomic E-state index is 6.12. The van der Waals surface area contributed by atoms with Gasteiger partial charge in [0, 0.05) is 31.5 Å². The summed E-state index contributed by atoms with van der Waals surface area (Å²) in [4.78, 5) is 6.98. The molecule has 0 radical (unpaired) electrons. The van der Waals surface area contributed by atoms with Crippen LogP contribution in [0, 0.1) is 13.8 Å². The first-order valence-electron chi connectivity index (χ1n) is 7.23. The molecule has 112 valence electrons. The van der Waals surface area contributed by atoms with Crippen LogP contribution in [-0.4, -0.2) is 34.2 Å². The number of nitrogens with zero attached hydrogens (tertiary/aromatic N) is 2. The van der Waals surface area contributed by atoms with Gasteiger partial charge in [0.05, 0.1) is 16.9 Å². The fraction of sp³-hybridized carbons (Fsp3) is 0.688. The summed E-state index contributed by atoms with van der Waals surface area (Å²) in [6.07, 6.45) is 1.87. The lowest BCUT2D eigenvalue weighted by Gasteiger charge is -2.47. The van der Waals surface area contributed by atoms with Gasteiger partial charge in [0.15, 0.2) is 0 Å². The van der Waals surface area contributed by atoms with Crippen LogP contribution in [0.3, 0.4) is 0 Å². The molecule has 2 N–H and O–H groups in total. The monoisotopic (exact) mass is 277 g/mol. The molecular weight excluding hydrogens is 250 g/mol. The van der Waals surface area contributed by atoms with Gasteiger partial charge in [-0.15, -0.1) is 0 Å². The number of pyridine rings is 1. The summed E-state index contributed by atoms with van der Waals surface area (Å²) in [7, 11) is 0. The summed E-state index contributed by atoms with van der Waals surface area (Å²) in [5.74, 6) is 0. The molecule has 0 spiro atoms. The van der Waals surface area contributed by atoms with Crippen molar-refractivity contribution in [3.8, 4) is 0 Å². The normalized spacial score (nSPS) is 21.9. The molecule has 1 aromatic rings. The molecular formula is C16H27N3O. The predicted octanol–water partition coefficient (Wildman–Crippen LogP) is 2.67. The second-order valence-corrected chi connectivity index (χ2v) is 7.19. The highest BCUT2D eigenvalue weighted by molar-refractivity contribution is 5.53. The van der Waals surface area contributed by atoms with Gasteiger partial charge >= 0.3 is 0 Å². The van der Waals surface area contributed by atoms with Crippen LogP contribution >= 0.6 is 0 Å². The number of nitrogens with two attached hydrogens (primary N) is 1. The molecule has 0 amide bonds. The zero-order valence-corrected chi connectivity index (χ0v) is 13.6. The zero-order chi connectivity index (χ0) is 15.1. The van der Waals surface area contributed by atoms with Gasteiger partial charge in [0.2, 0.25) is 0 Å². The minimum atomic E-state index is -0.133. The summed E-state index contributed by atoms with van der Waals surface area (Å²) >= 11 is 0. The summed E-state index contributed by atoms with van der Waals surface area (Å²) in [6, 6.07) is 0. The first-order valence-corrected chi connectivity index (χ1v) is 7.23. The molecule has 4 heteroatoms. The zero-order valence-electron chi connectivity index (χ0n) is 13.6. The molecule has 0 saturated carbocycles. The van der Waals surface area contributed by atoms with E-state index < -0.39 is 0 Å². The molecule has 1 fully saturated rings. The lowest BCUT2D eigenvalue weighted by Crippen LogP contribution is -2.56. The van der Waals surface area contributed by atoms with Gasteiger partial charge in [-0.2, -0.15) is 0 Å². The maximum absolute atomic E-state index is 6.12. The van der Waals surface area contributed by atoms with Crippen LogP contribution in [-0.2, 0) is 11.3 Å². The van der Waals surface area contributed by atoms with Crippen LogP contribution in [0.4, 0.5) is 5.69 Å². The average Bonchev–Trinajstić information content (AvgIpc) is 2.26. The standard InChI is InChI=1S/C16H27N3O/c1-11-7-18-13(12(2)14(11)17)8-19-9-15(3,4)20-16(5,6)10-19/h7H,8-10H2,1-6H3,(H2,17,18). The Balaban J connectivity index is 2.20. The molecule has 2 rings (SSSR count). The van der Waals surface area contributed by atoms with Gasteiger partial charge < -0.3 is 10.5 Å². The third kappa shape index (κ3) is 3.30. The Morgan fingerprint density at radius 1 is 1.20 bits per heavy atom. The number of hydrogen-bond acceptors (Lipinski definition) is 4. The smallest absolute Gasteiger partial charge is 0.0760 e. The fourth-order valence-corrected chi connectivity index (χ4v) is 3.22. The summed E-state index contributed by atoms with van der Waals surface area (Å²) in [6.45, 7) is 15.3. The van der Waals surface area contributed by atoms with Gasteiger partial charge in [-0.1, -0.05) is 0 Å². The minimum Gasteiger partial charge on any atom is -0.398 e. The van der Waals surface area contributed by atoms with Crippen molar-refractivity contribution in [2.75, 3.05) is 18.8 Å². The Kier molecular flexibility index (Phi) is 3.82. The van der Waals surface area contributed by atoms with Crippen LogP contribution in [0.2, 0.25) is 0 Å². The molecule has 0 unspecified atom stereocenters. The number of aryl methyl sites for hydroxylation is 1. The van der Waals surface area contributed by atoms with Crippen molar-refractivity contribution in [1.82, 2.24) is 9.88 Å². The van der Waals surface area contributed by atoms with Crippen molar-refractivity contribution in [1.29, 1.82) is 0 Å². The van der Waals surface area contributed by atoms with Crippen molar-refractivity contribution >= 4 is 5.69 Å². The van der Waals surface area contributed by atoms with Crippen molar-refractivity contribution in [3.63, 3.8) is 0 Å². The van der Waals surface area contributed by atoms with E-state index in [-0.39, 0.29) is 11.2 Å². The maximum Gasteiger partial charge on any atom is 0.0760 e. The van der Waals surface area contributed by atoms with E-state index in [1.165, 1.54) is 0 Å². The van der Waals surface area contributed by atoms with E-state index in [0.29, 0.717) is 0 Å². The number of hydrogen-bond donors (Lipinski definition) is 1. The van der Waals surface area contributed by atoms with Crippen LogP contribution in [0.1, 0.15) is 44.5 Å². The molecule has 1 aromatic heterocycles. The van der Waals surface area contributed by atoms with Gasteiger partial charge in [0.1, 0.15) is 0 Å². The minimum absolute atomic E-state index is 0.133. The summed E-state index contributed by atoms with van der Waals surface area (Å²) < 4.78 is 6.12. The SMILES string of the molecule is Cc1cnc(CN2CC(C)(C)OC(C)(C)C2)c(C)c1N. The van der Waals surface area contributed by atoms with E-state index in [0.717, 1.165) is 42.1 Å². The third-order valence-corrected chi connectivity index (χ3v) is 3.81. The molecule has 1 aliphatic rings. The highest BCUT2D eigenvalue weighted by Gasteiger charge is 2.38. The second kappa shape index (κ2) is 5.01. The number of anilines is 1. The quantitative estimate of drug-likeness (QED) is 0.903. The number of nitrogen functional groups attached to an aromatic ring is 1. The van der Waals surface area contributed by atoms with Crippen LogP contribution < -0.4 is 5.73 Å². The van der Waals surface area contributed by atoms with E-state index in [9.17, 15) is 0 Å². The lowest BCUT2D eigenvalue weighted by molar-refractivity contribution is -0.182. The van der Waals surface area contributed by atoms with Gasteiger partial charge in [-0.3, -0.25) is 9.88 Å². The Labute approximate surface area is 122 Å². The molecule has 0 aliphatic carbocycles. The first kappa shape index (κ1) is 15.3. The molecule has 4 nitrogen and oxygen atoms in total. The Hall–Kier alpha value is -1.13. The van der Waals surface area contributed by atoms with Gasteiger partial charge in [-0.25, -0.2) is 0 Å². The molecule has 0 bridgehead atoms. The van der Waals surface area contributed by atoms with Crippen LogP contribution in [0.15, 0.2) is 6.20 Å². The Morgan fingerprint density at radius 2 is 1.75 bits per heavy atom. The predicted molar refractivity (Wildman–Crippen MR) is 82.6 cm³/mol. The molecule has 20 heavy (non-hydrogen) atoms. The third-order valence-electron chi connectivity index (χ3n) is 3.81. The number of ether oxygens (including phenoxy) is 1. The highest BCUT2D eigenvalue weighted by Crippen LogP contribution is 2.29. The van der Waals surface area contributed by atoms with Gasteiger partial charge in [-0.05, 0) is 52.7 Å². The Morgan fingerprint density at radius 3 is 2.30 bits per heavy atom. The topological polar surface area (TPSA) is 51.4 Å². The summed E-state index contributed by atoms with van der Waals surface area (Å²) in [5.41, 5.74) is 9.93. The molecule has 1 saturated heterocycles. The summed E-state index contributed by atoms with van der Waals surface area (Å²) in [5, 5.41) is 0.